The van der Waals surface area contributed by atoms with Gasteiger partial charge in [-0.25, -0.2) is 4.79 Å². The summed E-state index contributed by atoms with van der Waals surface area (Å²) in [6, 6.07) is 0.724. The van der Waals surface area contributed by atoms with Crippen LogP contribution < -0.4 is 0 Å². The number of urea groups is 1. The number of aromatic nitrogens is 2. The Labute approximate surface area is 131 Å². The van der Waals surface area contributed by atoms with Crippen molar-refractivity contribution in [1.29, 1.82) is 0 Å². The van der Waals surface area contributed by atoms with Gasteiger partial charge in [-0.3, -0.25) is 4.90 Å². The molecule has 0 spiro atoms. The second-order valence-electron chi connectivity index (χ2n) is 6.16. The van der Waals surface area contributed by atoms with Crippen LogP contribution in [0.4, 0.5) is 4.79 Å². The van der Waals surface area contributed by atoms with Gasteiger partial charge in [-0.2, -0.15) is 0 Å². The number of piperidine rings is 1. The highest BCUT2D eigenvalue weighted by molar-refractivity contribution is 5.76. The number of rotatable bonds is 4. The molecule has 1 aromatic rings. The van der Waals surface area contributed by atoms with Crippen LogP contribution in [0.25, 0.3) is 0 Å². The Hall–Kier alpha value is -1.63. The van der Waals surface area contributed by atoms with Crippen LogP contribution in [0.3, 0.4) is 0 Å². The van der Waals surface area contributed by atoms with E-state index in [9.17, 15) is 4.79 Å². The van der Waals surface area contributed by atoms with Crippen LogP contribution >= 0.6 is 0 Å². The third kappa shape index (κ3) is 2.82. The molecule has 0 aromatic carbocycles. The molecule has 22 heavy (non-hydrogen) atoms. The Balaban J connectivity index is 1.55. The summed E-state index contributed by atoms with van der Waals surface area (Å²) in [5.41, 5.74) is 0. The number of nitrogens with zero attached hydrogens (tertiary/aromatic N) is 5. The molecule has 2 amide bonds. The largest absolute Gasteiger partial charge is 0.424 e. The van der Waals surface area contributed by atoms with Crippen molar-refractivity contribution in [2.45, 2.75) is 45.7 Å². The van der Waals surface area contributed by atoms with Gasteiger partial charge in [0.05, 0.1) is 6.04 Å². The third-order valence-corrected chi connectivity index (χ3v) is 4.90. The maximum atomic E-state index is 12.3. The molecule has 7 nitrogen and oxygen atoms in total. The standard InChI is InChI=1S/C15H25N5O2/c1-4-18-9-10-20(15(18)21)13-5-7-19(8-6-13)11(2)14-17-16-12(3)22-14/h11,13H,4-10H2,1-3H3/t11-/m1/s1. The minimum atomic E-state index is 0.142. The predicted molar refractivity (Wildman–Crippen MR) is 81.4 cm³/mol. The average Bonchev–Trinajstić information content (AvgIpc) is 3.12. The molecule has 3 heterocycles. The van der Waals surface area contributed by atoms with Gasteiger partial charge in [-0.05, 0) is 26.7 Å². The first-order valence-electron chi connectivity index (χ1n) is 8.19. The molecule has 7 heteroatoms. The highest BCUT2D eigenvalue weighted by Gasteiger charge is 2.35. The Morgan fingerprint density at radius 2 is 1.95 bits per heavy atom. The van der Waals surface area contributed by atoms with Crippen molar-refractivity contribution in [3.05, 3.63) is 11.8 Å². The maximum absolute atomic E-state index is 12.3. The average molecular weight is 307 g/mol. The van der Waals surface area contributed by atoms with E-state index in [-0.39, 0.29) is 12.1 Å². The molecule has 1 atom stereocenters. The van der Waals surface area contributed by atoms with Gasteiger partial charge in [0.15, 0.2) is 0 Å². The van der Waals surface area contributed by atoms with Gasteiger partial charge in [0, 0.05) is 45.7 Å². The molecule has 3 rings (SSSR count). The van der Waals surface area contributed by atoms with Crippen LogP contribution in [-0.4, -0.2) is 69.7 Å². The van der Waals surface area contributed by atoms with Crippen LogP contribution in [-0.2, 0) is 0 Å². The number of hydrogen-bond donors (Lipinski definition) is 0. The van der Waals surface area contributed by atoms with E-state index in [0.717, 1.165) is 45.6 Å². The maximum Gasteiger partial charge on any atom is 0.320 e. The lowest BCUT2D eigenvalue weighted by atomic mass is 10.0. The van der Waals surface area contributed by atoms with E-state index in [0.29, 0.717) is 17.8 Å². The Kier molecular flexibility index (Phi) is 4.33. The van der Waals surface area contributed by atoms with E-state index in [2.05, 4.69) is 26.9 Å². The summed E-state index contributed by atoms with van der Waals surface area (Å²) < 4.78 is 5.54. The number of likely N-dealkylation sites (N-methyl/N-ethyl adjacent to an activating group) is 1. The summed E-state index contributed by atoms with van der Waals surface area (Å²) in [5.74, 6) is 1.30. The molecular formula is C15H25N5O2. The fourth-order valence-electron chi connectivity index (χ4n) is 3.46. The van der Waals surface area contributed by atoms with Gasteiger partial charge in [-0.15, -0.1) is 10.2 Å². The van der Waals surface area contributed by atoms with Crippen LogP contribution in [0.1, 0.15) is 44.5 Å². The minimum Gasteiger partial charge on any atom is -0.424 e. The first-order valence-corrected chi connectivity index (χ1v) is 8.19. The molecule has 0 unspecified atom stereocenters. The summed E-state index contributed by atoms with van der Waals surface area (Å²) in [6.45, 7) is 10.4. The number of hydrogen-bond acceptors (Lipinski definition) is 5. The van der Waals surface area contributed by atoms with Crippen LogP contribution in [0.2, 0.25) is 0 Å². The van der Waals surface area contributed by atoms with Crippen molar-refractivity contribution in [2.75, 3.05) is 32.7 Å². The van der Waals surface area contributed by atoms with Crippen molar-refractivity contribution in [1.82, 2.24) is 24.9 Å². The van der Waals surface area contributed by atoms with E-state index in [1.165, 1.54) is 0 Å². The number of aryl methyl sites for hydroxylation is 1. The fourth-order valence-corrected chi connectivity index (χ4v) is 3.46. The summed E-state index contributed by atoms with van der Waals surface area (Å²) in [6.07, 6.45) is 2.03. The van der Waals surface area contributed by atoms with E-state index in [4.69, 9.17) is 4.42 Å². The molecule has 1 aromatic heterocycles. The quantitative estimate of drug-likeness (QED) is 0.846. The predicted octanol–water partition coefficient (Wildman–Crippen LogP) is 1.66. The van der Waals surface area contributed by atoms with Gasteiger partial charge in [0.1, 0.15) is 0 Å². The van der Waals surface area contributed by atoms with Gasteiger partial charge in [0.25, 0.3) is 0 Å². The summed E-state index contributed by atoms with van der Waals surface area (Å²) in [7, 11) is 0. The van der Waals surface area contributed by atoms with E-state index < -0.39 is 0 Å². The molecule has 0 radical (unpaired) electrons. The Morgan fingerprint density at radius 1 is 1.23 bits per heavy atom. The minimum absolute atomic E-state index is 0.142. The molecule has 2 fully saturated rings. The van der Waals surface area contributed by atoms with E-state index in [1.807, 2.05) is 18.7 Å². The molecule has 2 aliphatic heterocycles. The zero-order chi connectivity index (χ0) is 15.7. The molecule has 0 aliphatic carbocycles. The smallest absolute Gasteiger partial charge is 0.320 e. The van der Waals surface area contributed by atoms with Crippen molar-refractivity contribution in [2.24, 2.45) is 0 Å². The van der Waals surface area contributed by atoms with Gasteiger partial charge in [0.2, 0.25) is 11.8 Å². The molecule has 0 bridgehead atoms. The van der Waals surface area contributed by atoms with E-state index in [1.54, 1.807) is 0 Å². The second-order valence-corrected chi connectivity index (χ2v) is 6.16. The summed E-state index contributed by atoms with van der Waals surface area (Å²) in [4.78, 5) is 18.6. The van der Waals surface area contributed by atoms with Crippen molar-refractivity contribution in [3.8, 4) is 0 Å². The van der Waals surface area contributed by atoms with Gasteiger partial charge < -0.3 is 14.2 Å². The molecule has 2 saturated heterocycles. The topological polar surface area (TPSA) is 65.7 Å². The Morgan fingerprint density at radius 3 is 2.50 bits per heavy atom. The molecule has 122 valence electrons. The second kappa shape index (κ2) is 6.24. The fraction of sp³-hybridized carbons (Fsp3) is 0.800. The number of amides is 2. The highest BCUT2D eigenvalue weighted by Crippen LogP contribution is 2.26. The normalized spacial score (nSPS) is 22.6. The molecular weight excluding hydrogens is 282 g/mol. The lowest BCUT2D eigenvalue weighted by molar-refractivity contribution is 0.0983. The first-order chi connectivity index (χ1) is 10.6. The lowest BCUT2D eigenvalue weighted by Gasteiger charge is -2.38. The van der Waals surface area contributed by atoms with Crippen molar-refractivity contribution >= 4 is 6.03 Å². The van der Waals surface area contributed by atoms with E-state index >= 15 is 0 Å². The van der Waals surface area contributed by atoms with Gasteiger partial charge in [-0.1, -0.05) is 0 Å². The molecule has 2 aliphatic rings. The number of carbonyl (C=O) groups excluding carboxylic acids is 1. The van der Waals surface area contributed by atoms with Gasteiger partial charge >= 0.3 is 6.03 Å². The molecule has 0 N–H and O–H groups in total. The highest BCUT2D eigenvalue weighted by atomic mass is 16.4. The SMILES string of the molecule is CCN1CCN(C2CCN([C@H](C)c3nnc(C)o3)CC2)C1=O. The zero-order valence-corrected chi connectivity index (χ0v) is 13.7. The number of carbonyl (C=O) groups is 1. The monoisotopic (exact) mass is 307 g/mol. The third-order valence-electron chi connectivity index (χ3n) is 4.90. The zero-order valence-electron chi connectivity index (χ0n) is 13.7. The summed E-state index contributed by atoms with van der Waals surface area (Å²) >= 11 is 0. The lowest BCUT2D eigenvalue weighted by Crippen LogP contribution is -2.47. The number of likely N-dealkylation sites (tertiary alicyclic amines) is 1. The Bertz CT molecular complexity index is 524. The van der Waals surface area contributed by atoms with Crippen LogP contribution in [0.15, 0.2) is 4.42 Å². The summed E-state index contributed by atoms with van der Waals surface area (Å²) in [5, 5.41) is 8.03. The van der Waals surface area contributed by atoms with Crippen LogP contribution in [0.5, 0.6) is 0 Å². The van der Waals surface area contributed by atoms with Crippen LogP contribution in [0, 0.1) is 6.92 Å². The van der Waals surface area contributed by atoms with Crippen molar-refractivity contribution in [3.63, 3.8) is 0 Å². The molecule has 0 saturated carbocycles. The van der Waals surface area contributed by atoms with Crippen molar-refractivity contribution < 1.29 is 9.21 Å². The first kappa shape index (κ1) is 15.3.